The lowest BCUT2D eigenvalue weighted by Gasteiger charge is -2.25. The molecule has 0 saturated heterocycles. The molecule has 4 aromatic carbocycles. The predicted octanol–water partition coefficient (Wildman–Crippen LogP) is 5.74. The average Bonchev–Trinajstić information content (AvgIpc) is 2.73. The van der Waals surface area contributed by atoms with E-state index in [9.17, 15) is 15.2 Å². The van der Waals surface area contributed by atoms with Gasteiger partial charge < -0.3 is 5.11 Å². The van der Waals surface area contributed by atoms with E-state index >= 15 is 0 Å². The van der Waals surface area contributed by atoms with Crippen LogP contribution in [0.2, 0.25) is 0 Å². The molecular formula is C25H19NO2. The van der Waals surface area contributed by atoms with E-state index in [0.717, 1.165) is 32.7 Å². The molecule has 1 atom stereocenters. The van der Waals surface area contributed by atoms with E-state index in [-0.39, 0.29) is 12.3 Å². The molecule has 4 aromatic rings. The molecule has 3 heteroatoms. The molecule has 0 amide bonds. The number of carboxylic acids is 1. The lowest BCUT2D eigenvalue weighted by molar-refractivity contribution is -0.137. The van der Waals surface area contributed by atoms with Gasteiger partial charge in [-0.3, -0.25) is 4.79 Å². The molecule has 0 heterocycles. The molecule has 4 rings (SSSR count). The van der Waals surface area contributed by atoms with Gasteiger partial charge in [0.1, 0.15) is 0 Å². The van der Waals surface area contributed by atoms with Crippen LogP contribution >= 0.6 is 0 Å². The highest BCUT2D eigenvalue weighted by Gasteiger charge is 2.29. The molecule has 0 aromatic heterocycles. The van der Waals surface area contributed by atoms with Crippen LogP contribution in [0.5, 0.6) is 0 Å². The summed E-state index contributed by atoms with van der Waals surface area (Å²) in [6, 6.07) is 30.4. The molecule has 136 valence electrons. The van der Waals surface area contributed by atoms with Crippen LogP contribution in [0.25, 0.3) is 21.5 Å². The number of hydrogen-bond acceptors (Lipinski definition) is 2. The number of nitriles is 1. The predicted molar refractivity (Wildman–Crippen MR) is 111 cm³/mol. The highest BCUT2D eigenvalue weighted by Crippen LogP contribution is 2.40. The lowest BCUT2D eigenvalue weighted by Crippen LogP contribution is -2.17. The highest BCUT2D eigenvalue weighted by molar-refractivity contribution is 5.90. The maximum atomic E-state index is 11.5. The number of carboxylic acid groups (broad SMARTS) is 1. The summed E-state index contributed by atoms with van der Waals surface area (Å²) >= 11 is 0. The van der Waals surface area contributed by atoms with Gasteiger partial charge in [-0.1, -0.05) is 84.9 Å². The number of hydrogen-bond donors (Lipinski definition) is 1. The Morgan fingerprint density at radius 3 is 1.71 bits per heavy atom. The Balaban J connectivity index is 2.02. The van der Waals surface area contributed by atoms with Crippen molar-refractivity contribution in [3.8, 4) is 6.07 Å². The van der Waals surface area contributed by atoms with Gasteiger partial charge in [-0.25, -0.2) is 0 Å². The van der Waals surface area contributed by atoms with Gasteiger partial charge in [0.25, 0.3) is 0 Å². The Kier molecular flexibility index (Phi) is 4.78. The van der Waals surface area contributed by atoms with Crippen molar-refractivity contribution in [3.63, 3.8) is 0 Å². The maximum absolute atomic E-state index is 11.5. The van der Waals surface area contributed by atoms with Gasteiger partial charge in [0.05, 0.1) is 18.4 Å². The Hall–Kier alpha value is -3.64. The van der Waals surface area contributed by atoms with Crippen LogP contribution < -0.4 is 0 Å². The molecule has 28 heavy (non-hydrogen) atoms. The first-order valence-corrected chi connectivity index (χ1v) is 9.26. The topological polar surface area (TPSA) is 61.1 Å². The van der Waals surface area contributed by atoms with Crippen molar-refractivity contribution in [2.75, 3.05) is 0 Å². The molecule has 0 radical (unpaired) electrons. The number of rotatable bonds is 5. The van der Waals surface area contributed by atoms with Crippen LogP contribution in [0, 0.1) is 17.2 Å². The number of carbonyl (C=O) groups is 1. The van der Waals surface area contributed by atoms with Gasteiger partial charge >= 0.3 is 5.97 Å². The Bertz CT molecular complexity index is 1120. The minimum absolute atomic E-state index is 0.201. The van der Waals surface area contributed by atoms with E-state index in [0.29, 0.717) is 0 Å². The van der Waals surface area contributed by atoms with Gasteiger partial charge in [0.15, 0.2) is 0 Å². The first-order chi connectivity index (χ1) is 13.7. The second kappa shape index (κ2) is 7.54. The van der Waals surface area contributed by atoms with Crippen molar-refractivity contribution in [1.82, 2.24) is 0 Å². The SMILES string of the molecule is N#C[C@@H](CC(=O)O)C(c1cccc2ccccc12)c1cccc2ccccc12. The fraction of sp³-hybridized carbons (Fsp3) is 0.120. The molecule has 0 bridgehead atoms. The fourth-order valence-corrected chi connectivity index (χ4v) is 4.07. The standard InChI is InChI=1S/C25H19NO2/c26-16-19(15-24(27)28)25(22-13-5-9-17-7-1-3-11-20(17)22)23-14-6-10-18-8-2-4-12-21(18)23/h1-14,19,25H,15H2,(H,27,28)/t19-/m1/s1. The van der Waals surface area contributed by atoms with E-state index in [1.165, 1.54) is 0 Å². The van der Waals surface area contributed by atoms with Gasteiger partial charge in [-0.15, -0.1) is 0 Å². The first-order valence-electron chi connectivity index (χ1n) is 9.26. The third-order valence-electron chi connectivity index (χ3n) is 5.28. The van der Waals surface area contributed by atoms with Crippen LogP contribution in [0.1, 0.15) is 23.5 Å². The third kappa shape index (κ3) is 3.21. The number of nitrogens with zero attached hydrogens (tertiary/aromatic N) is 1. The minimum atomic E-state index is -0.961. The molecule has 0 unspecified atom stereocenters. The van der Waals surface area contributed by atoms with Gasteiger partial charge in [0, 0.05) is 5.92 Å². The van der Waals surface area contributed by atoms with Crippen molar-refractivity contribution in [1.29, 1.82) is 5.26 Å². The van der Waals surface area contributed by atoms with E-state index in [4.69, 9.17) is 0 Å². The van der Waals surface area contributed by atoms with Crippen molar-refractivity contribution in [3.05, 3.63) is 96.1 Å². The molecule has 0 aliphatic carbocycles. The Morgan fingerprint density at radius 2 is 1.25 bits per heavy atom. The molecule has 0 saturated carbocycles. The van der Waals surface area contributed by atoms with Gasteiger partial charge in [-0.2, -0.15) is 5.26 Å². The molecule has 3 nitrogen and oxygen atoms in total. The largest absolute Gasteiger partial charge is 0.481 e. The molecule has 0 fully saturated rings. The van der Waals surface area contributed by atoms with Crippen LogP contribution in [0.4, 0.5) is 0 Å². The smallest absolute Gasteiger partial charge is 0.304 e. The maximum Gasteiger partial charge on any atom is 0.304 e. The summed E-state index contributed by atoms with van der Waals surface area (Å²) in [4.78, 5) is 11.5. The lowest BCUT2D eigenvalue weighted by atomic mass is 9.76. The third-order valence-corrected chi connectivity index (χ3v) is 5.28. The quantitative estimate of drug-likeness (QED) is 0.490. The molecule has 0 aliphatic heterocycles. The summed E-state index contributed by atoms with van der Waals surface area (Å²) in [5.41, 5.74) is 1.98. The van der Waals surface area contributed by atoms with Crippen molar-refractivity contribution >= 4 is 27.5 Å². The monoisotopic (exact) mass is 365 g/mol. The zero-order chi connectivity index (χ0) is 19.5. The summed E-state index contributed by atoms with van der Waals surface area (Å²) in [7, 11) is 0. The summed E-state index contributed by atoms with van der Waals surface area (Å²) in [6.45, 7) is 0. The zero-order valence-electron chi connectivity index (χ0n) is 15.2. The van der Waals surface area contributed by atoms with Gasteiger partial charge in [0.2, 0.25) is 0 Å². The Morgan fingerprint density at radius 1 is 0.786 bits per heavy atom. The summed E-state index contributed by atoms with van der Waals surface area (Å²) in [5.74, 6) is -1.97. The fourth-order valence-electron chi connectivity index (χ4n) is 4.07. The van der Waals surface area contributed by atoms with Crippen molar-refractivity contribution in [2.24, 2.45) is 5.92 Å². The van der Waals surface area contributed by atoms with Crippen LogP contribution in [-0.2, 0) is 4.79 Å². The van der Waals surface area contributed by atoms with Crippen LogP contribution in [0.15, 0.2) is 84.9 Å². The van der Waals surface area contributed by atoms with Gasteiger partial charge in [-0.05, 0) is 32.7 Å². The van der Waals surface area contributed by atoms with E-state index < -0.39 is 11.9 Å². The van der Waals surface area contributed by atoms with Crippen LogP contribution in [0.3, 0.4) is 0 Å². The highest BCUT2D eigenvalue weighted by atomic mass is 16.4. The summed E-state index contributed by atoms with van der Waals surface area (Å²) < 4.78 is 0. The second-order valence-corrected chi connectivity index (χ2v) is 6.95. The van der Waals surface area contributed by atoms with E-state index in [2.05, 4.69) is 6.07 Å². The van der Waals surface area contributed by atoms with Crippen LogP contribution in [-0.4, -0.2) is 11.1 Å². The second-order valence-electron chi connectivity index (χ2n) is 6.95. The van der Waals surface area contributed by atoms with E-state index in [1.54, 1.807) is 0 Å². The molecule has 0 aliphatic rings. The van der Waals surface area contributed by atoms with Crippen molar-refractivity contribution < 1.29 is 9.90 Å². The normalized spacial score (nSPS) is 12.1. The first kappa shape index (κ1) is 17.8. The minimum Gasteiger partial charge on any atom is -0.481 e. The number of aliphatic carboxylic acids is 1. The van der Waals surface area contributed by atoms with E-state index in [1.807, 2.05) is 84.9 Å². The average molecular weight is 365 g/mol. The Labute approximate surface area is 163 Å². The molecule has 0 spiro atoms. The number of benzene rings is 4. The number of fused-ring (bicyclic) bond motifs is 2. The van der Waals surface area contributed by atoms with Crippen molar-refractivity contribution in [2.45, 2.75) is 12.3 Å². The molecular weight excluding hydrogens is 346 g/mol. The zero-order valence-corrected chi connectivity index (χ0v) is 15.2. The molecule has 1 N–H and O–H groups in total. The summed E-state index contributed by atoms with van der Waals surface area (Å²) in [5, 5.41) is 23.6. The summed E-state index contributed by atoms with van der Waals surface area (Å²) in [6.07, 6.45) is -0.201.